The van der Waals surface area contributed by atoms with Crippen LogP contribution in [0, 0.1) is 12.8 Å². The van der Waals surface area contributed by atoms with Crippen molar-refractivity contribution in [3.63, 3.8) is 0 Å². The van der Waals surface area contributed by atoms with Gasteiger partial charge in [0.25, 0.3) is 0 Å². The van der Waals surface area contributed by atoms with Crippen LogP contribution in [0.5, 0.6) is 0 Å². The molecule has 0 amide bonds. The van der Waals surface area contributed by atoms with Crippen LogP contribution in [0.25, 0.3) is 0 Å². The van der Waals surface area contributed by atoms with E-state index in [9.17, 15) is 5.11 Å². The maximum absolute atomic E-state index is 9.77. The number of aliphatic hydroxyl groups is 1. The highest BCUT2D eigenvalue weighted by Crippen LogP contribution is 2.35. The first kappa shape index (κ1) is 7.81. The van der Waals surface area contributed by atoms with Gasteiger partial charge in [0, 0.05) is 0 Å². The van der Waals surface area contributed by atoms with Crippen LogP contribution in [0.2, 0.25) is 0 Å². The summed E-state index contributed by atoms with van der Waals surface area (Å²) in [5, 5.41) is 9.77. The third-order valence-electron chi connectivity index (χ3n) is 2.70. The van der Waals surface area contributed by atoms with E-state index in [0.29, 0.717) is 5.92 Å². The van der Waals surface area contributed by atoms with E-state index >= 15 is 0 Å². The van der Waals surface area contributed by atoms with Gasteiger partial charge in [0.1, 0.15) is 0 Å². The molecule has 1 aromatic rings. The Bertz CT molecular complexity index is 304. The third kappa shape index (κ3) is 1.05. The lowest BCUT2D eigenvalue weighted by atomic mass is 10.1. The van der Waals surface area contributed by atoms with Gasteiger partial charge >= 0.3 is 0 Å². The van der Waals surface area contributed by atoms with Crippen LogP contribution < -0.4 is 0 Å². The predicted molar refractivity (Wildman–Crippen MR) is 49.0 cm³/mol. The molecular formula is C11H14O. The second kappa shape index (κ2) is 2.60. The first-order chi connectivity index (χ1) is 5.68. The second-order valence-corrected chi connectivity index (χ2v) is 3.83. The molecule has 0 radical (unpaired) electrons. The maximum atomic E-state index is 9.77. The highest BCUT2D eigenvalue weighted by molar-refractivity contribution is 5.37. The molecule has 0 fully saturated rings. The molecule has 0 saturated heterocycles. The number of hydrogen-bond acceptors (Lipinski definition) is 1. The summed E-state index contributed by atoms with van der Waals surface area (Å²) < 4.78 is 0. The molecule has 1 unspecified atom stereocenters. The van der Waals surface area contributed by atoms with E-state index in [0.717, 1.165) is 12.0 Å². The first-order valence-corrected chi connectivity index (χ1v) is 4.46. The van der Waals surface area contributed by atoms with Crippen LogP contribution in [-0.2, 0) is 6.42 Å². The minimum absolute atomic E-state index is 0.236. The standard InChI is InChI=1S/C11H14O/c1-7-3-4-9-6-8(2)11(12)10(9)5-7/h3-5,8,11-12H,6H2,1-2H3/t8-,11?/m0/s1. The smallest absolute Gasteiger partial charge is 0.0821 e. The number of hydrogen-bond donors (Lipinski definition) is 1. The lowest BCUT2D eigenvalue weighted by Crippen LogP contribution is -2.01. The Hall–Kier alpha value is -0.820. The van der Waals surface area contributed by atoms with Crippen molar-refractivity contribution in [3.8, 4) is 0 Å². The van der Waals surface area contributed by atoms with Crippen molar-refractivity contribution in [2.24, 2.45) is 5.92 Å². The van der Waals surface area contributed by atoms with Crippen LogP contribution in [0.15, 0.2) is 18.2 Å². The number of benzene rings is 1. The number of rotatable bonds is 0. The molecule has 0 spiro atoms. The Labute approximate surface area is 73.0 Å². The molecule has 1 aliphatic carbocycles. The normalized spacial score (nSPS) is 27.2. The zero-order valence-electron chi connectivity index (χ0n) is 7.54. The molecule has 0 aliphatic heterocycles. The van der Waals surface area contributed by atoms with Crippen molar-refractivity contribution in [1.29, 1.82) is 0 Å². The summed E-state index contributed by atoms with van der Waals surface area (Å²) in [6, 6.07) is 6.35. The Morgan fingerprint density at radius 2 is 2.17 bits per heavy atom. The van der Waals surface area contributed by atoms with Gasteiger partial charge < -0.3 is 5.11 Å². The Kier molecular flexibility index (Phi) is 1.69. The molecule has 0 bridgehead atoms. The molecule has 2 atom stereocenters. The predicted octanol–water partition coefficient (Wildman–Crippen LogP) is 2.22. The monoisotopic (exact) mass is 162 g/mol. The van der Waals surface area contributed by atoms with E-state index < -0.39 is 0 Å². The molecule has 12 heavy (non-hydrogen) atoms. The van der Waals surface area contributed by atoms with Crippen molar-refractivity contribution < 1.29 is 5.11 Å². The van der Waals surface area contributed by atoms with E-state index in [1.54, 1.807) is 0 Å². The minimum atomic E-state index is -0.236. The highest BCUT2D eigenvalue weighted by Gasteiger charge is 2.26. The average Bonchev–Trinajstić information content (AvgIpc) is 2.31. The molecule has 0 saturated carbocycles. The lowest BCUT2D eigenvalue weighted by molar-refractivity contribution is 0.133. The van der Waals surface area contributed by atoms with Crippen LogP contribution in [0.1, 0.15) is 29.7 Å². The maximum Gasteiger partial charge on any atom is 0.0821 e. The van der Waals surface area contributed by atoms with Gasteiger partial charge in [-0.15, -0.1) is 0 Å². The summed E-state index contributed by atoms with van der Waals surface area (Å²) in [5.74, 6) is 0.391. The summed E-state index contributed by atoms with van der Waals surface area (Å²) in [6.45, 7) is 4.16. The minimum Gasteiger partial charge on any atom is -0.388 e. The molecule has 1 N–H and O–H groups in total. The largest absolute Gasteiger partial charge is 0.388 e. The highest BCUT2D eigenvalue weighted by atomic mass is 16.3. The van der Waals surface area contributed by atoms with Gasteiger partial charge in [0.15, 0.2) is 0 Å². The van der Waals surface area contributed by atoms with Gasteiger partial charge in [-0.3, -0.25) is 0 Å². The van der Waals surface area contributed by atoms with E-state index in [1.165, 1.54) is 11.1 Å². The van der Waals surface area contributed by atoms with Gasteiger partial charge in [-0.25, -0.2) is 0 Å². The van der Waals surface area contributed by atoms with Crippen LogP contribution in [-0.4, -0.2) is 5.11 Å². The summed E-state index contributed by atoms with van der Waals surface area (Å²) >= 11 is 0. The first-order valence-electron chi connectivity index (χ1n) is 4.46. The quantitative estimate of drug-likeness (QED) is 0.620. The Morgan fingerprint density at radius 3 is 2.92 bits per heavy atom. The zero-order chi connectivity index (χ0) is 8.72. The summed E-state index contributed by atoms with van der Waals surface area (Å²) in [6.07, 6.45) is 0.788. The molecule has 64 valence electrons. The topological polar surface area (TPSA) is 20.2 Å². The van der Waals surface area contributed by atoms with Crippen molar-refractivity contribution in [1.82, 2.24) is 0 Å². The number of aryl methyl sites for hydroxylation is 1. The van der Waals surface area contributed by atoms with Crippen LogP contribution >= 0.6 is 0 Å². The van der Waals surface area contributed by atoms with Gasteiger partial charge in [-0.05, 0) is 30.4 Å². The van der Waals surface area contributed by atoms with Gasteiger partial charge in [0.2, 0.25) is 0 Å². The van der Waals surface area contributed by atoms with E-state index in [1.807, 2.05) is 0 Å². The average molecular weight is 162 g/mol. The Balaban J connectivity index is 2.48. The van der Waals surface area contributed by atoms with Gasteiger partial charge in [0.05, 0.1) is 6.10 Å². The SMILES string of the molecule is Cc1ccc2c(c1)C(O)[C@@H](C)C2. The molecule has 0 aromatic heterocycles. The molecular weight excluding hydrogens is 148 g/mol. The second-order valence-electron chi connectivity index (χ2n) is 3.83. The van der Waals surface area contributed by atoms with Gasteiger partial charge in [-0.2, -0.15) is 0 Å². The number of aliphatic hydroxyl groups excluding tert-OH is 1. The lowest BCUT2D eigenvalue weighted by Gasteiger charge is -2.08. The van der Waals surface area contributed by atoms with Crippen molar-refractivity contribution in [3.05, 3.63) is 34.9 Å². The molecule has 0 heterocycles. The van der Waals surface area contributed by atoms with Crippen LogP contribution in [0.4, 0.5) is 0 Å². The fourth-order valence-corrected chi connectivity index (χ4v) is 1.94. The molecule has 1 aromatic carbocycles. The molecule has 1 heteroatoms. The van der Waals surface area contributed by atoms with Crippen molar-refractivity contribution in [2.75, 3.05) is 0 Å². The van der Waals surface area contributed by atoms with Crippen LogP contribution in [0.3, 0.4) is 0 Å². The third-order valence-corrected chi connectivity index (χ3v) is 2.70. The van der Waals surface area contributed by atoms with Gasteiger partial charge in [-0.1, -0.05) is 30.7 Å². The summed E-state index contributed by atoms with van der Waals surface area (Å²) in [5.41, 5.74) is 3.70. The van der Waals surface area contributed by atoms with E-state index in [2.05, 4.69) is 32.0 Å². The van der Waals surface area contributed by atoms with E-state index in [4.69, 9.17) is 0 Å². The Morgan fingerprint density at radius 1 is 1.42 bits per heavy atom. The molecule has 1 nitrogen and oxygen atoms in total. The summed E-state index contributed by atoms with van der Waals surface area (Å²) in [4.78, 5) is 0. The van der Waals surface area contributed by atoms with Crippen molar-refractivity contribution >= 4 is 0 Å². The molecule has 2 rings (SSSR count). The van der Waals surface area contributed by atoms with E-state index in [-0.39, 0.29) is 6.10 Å². The number of fused-ring (bicyclic) bond motifs is 1. The fraction of sp³-hybridized carbons (Fsp3) is 0.455. The zero-order valence-corrected chi connectivity index (χ0v) is 7.54. The molecule has 1 aliphatic rings. The van der Waals surface area contributed by atoms with Crippen molar-refractivity contribution in [2.45, 2.75) is 26.4 Å². The fourth-order valence-electron chi connectivity index (χ4n) is 1.94. The summed E-state index contributed by atoms with van der Waals surface area (Å²) in [7, 11) is 0.